The Bertz CT molecular complexity index is 666. The Hall–Kier alpha value is -1.12. The molecule has 2 atom stereocenters. The van der Waals surface area contributed by atoms with E-state index in [2.05, 4.69) is 0 Å². The molecular weight excluding hydrogens is 316 g/mol. The van der Waals surface area contributed by atoms with Crippen LogP contribution in [0, 0.1) is 0 Å². The molecule has 0 spiro atoms. The fraction of sp³-hybridized carbons (Fsp3) is 0.538. The first-order valence-corrected chi connectivity index (χ1v) is 9.45. The molecule has 0 aliphatic rings. The molecule has 0 saturated heterocycles. The highest BCUT2D eigenvalue weighted by atomic mass is 32.2. The third-order valence-electron chi connectivity index (χ3n) is 3.63. The van der Waals surface area contributed by atoms with Crippen molar-refractivity contribution in [2.24, 2.45) is 0 Å². The van der Waals surface area contributed by atoms with Crippen LogP contribution in [0.2, 0.25) is 0 Å². The third-order valence-corrected chi connectivity index (χ3v) is 7.48. The molecule has 0 aromatic heterocycles. The maximum absolute atomic E-state index is 12.5. The SMILES string of the molecule is CCC(C(C)(CC)S(=O)(=O)Oc1ccccc1)S(=O)(=O)O. The van der Waals surface area contributed by atoms with Gasteiger partial charge >= 0.3 is 10.1 Å². The number of rotatable bonds is 7. The predicted octanol–water partition coefficient (Wildman–Crippen LogP) is 2.23. The van der Waals surface area contributed by atoms with Crippen molar-refractivity contribution >= 4 is 20.2 Å². The van der Waals surface area contributed by atoms with Gasteiger partial charge in [-0.15, -0.1) is 0 Å². The van der Waals surface area contributed by atoms with Crippen molar-refractivity contribution in [1.29, 1.82) is 0 Å². The van der Waals surface area contributed by atoms with E-state index in [1.165, 1.54) is 26.0 Å². The van der Waals surface area contributed by atoms with Gasteiger partial charge in [-0.2, -0.15) is 16.8 Å². The van der Waals surface area contributed by atoms with Crippen molar-refractivity contribution in [3.8, 4) is 5.75 Å². The lowest BCUT2D eigenvalue weighted by Gasteiger charge is -2.32. The summed E-state index contributed by atoms with van der Waals surface area (Å²) in [4.78, 5) is 0. The van der Waals surface area contributed by atoms with Crippen LogP contribution < -0.4 is 4.18 Å². The van der Waals surface area contributed by atoms with Gasteiger partial charge in [0.25, 0.3) is 10.1 Å². The van der Waals surface area contributed by atoms with Crippen molar-refractivity contribution in [2.75, 3.05) is 0 Å². The van der Waals surface area contributed by atoms with E-state index >= 15 is 0 Å². The lowest BCUT2D eigenvalue weighted by atomic mass is 10.0. The second-order valence-corrected chi connectivity index (χ2v) is 8.54. The van der Waals surface area contributed by atoms with Gasteiger partial charge in [0.2, 0.25) is 0 Å². The highest BCUT2D eigenvalue weighted by molar-refractivity contribution is 7.91. The van der Waals surface area contributed by atoms with Crippen molar-refractivity contribution in [3.05, 3.63) is 30.3 Å². The normalized spacial score (nSPS) is 17.0. The zero-order chi connectivity index (χ0) is 16.3. The minimum Gasteiger partial charge on any atom is -0.382 e. The summed E-state index contributed by atoms with van der Waals surface area (Å²) >= 11 is 0. The Kier molecular flexibility index (Phi) is 5.40. The summed E-state index contributed by atoms with van der Waals surface area (Å²) < 4.78 is 60.6. The van der Waals surface area contributed by atoms with Crippen LogP contribution in [-0.4, -0.2) is 31.4 Å². The van der Waals surface area contributed by atoms with Crippen LogP contribution in [0.3, 0.4) is 0 Å². The van der Waals surface area contributed by atoms with Crippen molar-refractivity contribution in [2.45, 2.75) is 43.6 Å². The Balaban J connectivity index is 3.29. The molecule has 0 radical (unpaired) electrons. The van der Waals surface area contributed by atoms with Crippen molar-refractivity contribution < 1.29 is 25.6 Å². The molecule has 1 N–H and O–H groups in total. The van der Waals surface area contributed by atoms with E-state index in [1.54, 1.807) is 25.1 Å². The van der Waals surface area contributed by atoms with Crippen molar-refractivity contribution in [3.63, 3.8) is 0 Å². The lowest BCUT2D eigenvalue weighted by molar-refractivity contribution is 0.391. The first-order chi connectivity index (χ1) is 9.58. The molecule has 0 aliphatic carbocycles. The average Bonchev–Trinajstić information content (AvgIpc) is 2.38. The predicted molar refractivity (Wildman–Crippen MR) is 80.3 cm³/mol. The molecule has 6 nitrogen and oxygen atoms in total. The molecule has 0 aliphatic heterocycles. The molecular formula is C13H20O6S2. The third kappa shape index (κ3) is 3.75. The van der Waals surface area contributed by atoms with Gasteiger partial charge < -0.3 is 4.18 Å². The molecule has 1 rings (SSSR count). The minimum atomic E-state index is -4.52. The zero-order valence-corrected chi connectivity index (χ0v) is 13.8. The molecule has 8 heteroatoms. The smallest absolute Gasteiger partial charge is 0.316 e. The number of hydrogen-bond acceptors (Lipinski definition) is 5. The maximum Gasteiger partial charge on any atom is 0.316 e. The number of para-hydroxylation sites is 1. The van der Waals surface area contributed by atoms with Gasteiger partial charge in [-0.25, -0.2) is 0 Å². The van der Waals surface area contributed by atoms with E-state index in [4.69, 9.17) is 4.18 Å². The van der Waals surface area contributed by atoms with Gasteiger partial charge in [0, 0.05) is 0 Å². The molecule has 0 amide bonds. The Labute approximate surface area is 126 Å². The Morgan fingerprint density at radius 2 is 1.67 bits per heavy atom. The summed E-state index contributed by atoms with van der Waals surface area (Å²) in [5, 5.41) is -1.45. The average molecular weight is 336 g/mol. The summed E-state index contributed by atoms with van der Waals surface area (Å²) in [5.41, 5.74) is 0. The van der Waals surface area contributed by atoms with Crippen LogP contribution in [0.1, 0.15) is 33.6 Å². The van der Waals surface area contributed by atoms with E-state index in [-0.39, 0.29) is 18.6 Å². The molecule has 1 aromatic rings. The summed E-state index contributed by atoms with van der Waals surface area (Å²) in [5.74, 6) is 0.0994. The Morgan fingerprint density at radius 1 is 1.14 bits per heavy atom. The van der Waals surface area contributed by atoms with E-state index < -0.39 is 30.2 Å². The van der Waals surface area contributed by atoms with Crippen LogP contribution in [0.15, 0.2) is 30.3 Å². The van der Waals surface area contributed by atoms with Gasteiger partial charge in [0.15, 0.2) is 0 Å². The van der Waals surface area contributed by atoms with E-state index in [0.29, 0.717) is 0 Å². The molecule has 0 fully saturated rings. The molecule has 120 valence electrons. The van der Waals surface area contributed by atoms with Crippen LogP contribution >= 0.6 is 0 Å². The largest absolute Gasteiger partial charge is 0.382 e. The molecule has 0 bridgehead atoms. The fourth-order valence-corrected chi connectivity index (χ4v) is 5.55. The van der Waals surface area contributed by atoms with Crippen LogP contribution in [0.5, 0.6) is 5.75 Å². The molecule has 0 saturated carbocycles. The molecule has 21 heavy (non-hydrogen) atoms. The van der Waals surface area contributed by atoms with Gasteiger partial charge in [0.1, 0.15) is 15.7 Å². The topological polar surface area (TPSA) is 97.7 Å². The van der Waals surface area contributed by atoms with Gasteiger partial charge in [-0.1, -0.05) is 32.0 Å². The van der Waals surface area contributed by atoms with Gasteiger partial charge in [0.05, 0.1) is 0 Å². The van der Waals surface area contributed by atoms with Crippen LogP contribution in [-0.2, 0) is 20.2 Å². The lowest BCUT2D eigenvalue weighted by Crippen LogP contribution is -2.51. The Morgan fingerprint density at radius 3 is 2.05 bits per heavy atom. The molecule has 1 aromatic carbocycles. The van der Waals surface area contributed by atoms with E-state index in [9.17, 15) is 21.4 Å². The summed E-state index contributed by atoms with van der Waals surface area (Å²) in [6.07, 6.45) is -0.0545. The molecule has 0 heterocycles. The van der Waals surface area contributed by atoms with Gasteiger partial charge in [-0.05, 0) is 31.9 Å². The van der Waals surface area contributed by atoms with Crippen molar-refractivity contribution in [1.82, 2.24) is 0 Å². The first-order valence-electron chi connectivity index (χ1n) is 6.54. The summed E-state index contributed by atoms with van der Waals surface area (Å²) in [6.45, 7) is 4.32. The first kappa shape index (κ1) is 17.9. The summed E-state index contributed by atoms with van der Waals surface area (Å²) in [7, 11) is -8.78. The highest BCUT2D eigenvalue weighted by Crippen LogP contribution is 2.33. The zero-order valence-electron chi connectivity index (χ0n) is 12.2. The van der Waals surface area contributed by atoms with Crippen LogP contribution in [0.4, 0.5) is 0 Å². The second-order valence-electron chi connectivity index (χ2n) is 4.93. The number of hydrogen-bond donors (Lipinski definition) is 1. The van der Waals surface area contributed by atoms with Crippen LogP contribution in [0.25, 0.3) is 0 Å². The summed E-state index contributed by atoms with van der Waals surface area (Å²) in [6, 6.07) is 7.83. The van der Waals surface area contributed by atoms with E-state index in [1.807, 2.05) is 0 Å². The monoisotopic (exact) mass is 336 g/mol. The van der Waals surface area contributed by atoms with E-state index in [0.717, 1.165) is 0 Å². The minimum absolute atomic E-state index is 0.0134. The quantitative estimate of drug-likeness (QED) is 0.606. The van der Waals surface area contributed by atoms with Gasteiger partial charge in [-0.3, -0.25) is 4.55 Å². The second kappa shape index (κ2) is 6.33. The fourth-order valence-electron chi connectivity index (χ4n) is 2.22. The number of benzene rings is 1. The molecule has 2 unspecified atom stereocenters. The maximum atomic E-state index is 12.5. The highest BCUT2D eigenvalue weighted by Gasteiger charge is 2.51. The standard InChI is InChI=1S/C13H20O6S2/c1-4-12(20(14,15)16)13(3,5-2)21(17,18)19-11-9-7-6-8-10-11/h6-10,12H,4-5H2,1-3H3,(H,14,15,16).